The maximum absolute atomic E-state index is 12.6. The smallest absolute Gasteiger partial charge is 0.224 e. The summed E-state index contributed by atoms with van der Waals surface area (Å²) in [4.78, 5) is 18.3. The first kappa shape index (κ1) is 17.8. The van der Waals surface area contributed by atoms with Crippen LogP contribution < -0.4 is 5.73 Å². The number of aromatic nitrogens is 3. The Morgan fingerprint density at radius 2 is 1.81 bits per heavy atom. The van der Waals surface area contributed by atoms with Crippen molar-refractivity contribution in [2.75, 3.05) is 7.05 Å². The first-order valence-electron chi connectivity index (χ1n) is 8.57. The van der Waals surface area contributed by atoms with Gasteiger partial charge in [-0.05, 0) is 30.2 Å². The minimum Gasteiger partial charge on any atom is -0.339 e. The molecule has 0 radical (unpaired) electrons. The monoisotopic (exact) mass is 349 g/mol. The first-order valence-corrected chi connectivity index (χ1v) is 8.57. The van der Waals surface area contributed by atoms with Crippen molar-refractivity contribution in [3.05, 3.63) is 78.4 Å². The molecule has 6 nitrogen and oxygen atoms in total. The average Bonchev–Trinajstić information content (AvgIpc) is 3.22. The van der Waals surface area contributed by atoms with Gasteiger partial charge in [-0.3, -0.25) is 4.79 Å². The summed E-state index contributed by atoms with van der Waals surface area (Å²) < 4.78 is 1.70. The number of rotatable bonds is 6. The van der Waals surface area contributed by atoms with Gasteiger partial charge < -0.3 is 10.6 Å². The topological polar surface area (TPSA) is 77.0 Å². The van der Waals surface area contributed by atoms with E-state index in [4.69, 9.17) is 5.73 Å². The molecule has 2 aromatic carbocycles. The number of benzene rings is 2. The third-order valence-corrected chi connectivity index (χ3v) is 4.66. The lowest BCUT2D eigenvalue weighted by molar-refractivity contribution is -0.132. The van der Waals surface area contributed by atoms with Crippen LogP contribution in [0.2, 0.25) is 0 Å². The van der Waals surface area contributed by atoms with Crippen LogP contribution in [-0.2, 0) is 4.79 Å². The molecular formula is C20H23N5O. The van der Waals surface area contributed by atoms with Gasteiger partial charge in [0.25, 0.3) is 0 Å². The molecule has 2 N–H and O–H groups in total. The first-order chi connectivity index (χ1) is 12.6. The fourth-order valence-electron chi connectivity index (χ4n) is 2.84. The maximum Gasteiger partial charge on any atom is 0.224 e. The highest BCUT2D eigenvalue weighted by molar-refractivity contribution is 5.77. The SMILES string of the molecule is CC(c1ccc(-n2cncn2)cc1)N(C)C(=O)CC(N)c1ccccc1. The van der Waals surface area contributed by atoms with Crippen molar-refractivity contribution in [3.8, 4) is 5.69 Å². The lowest BCUT2D eigenvalue weighted by atomic mass is 10.0. The Morgan fingerprint density at radius 1 is 1.12 bits per heavy atom. The summed E-state index contributed by atoms with van der Waals surface area (Å²) >= 11 is 0. The molecule has 1 aromatic heterocycles. The van der Waals surface area contributed by atoms with Crippen molar-refractivity contribution in [2.24, 2.45) is 5.73 Å². The van der Waals surface area contributed by atoms with Gasteiger partial charge in [0, 0.05) is 19.5 Å². The van der Waals surface area contributed by atoms with E-state index < -0.39 is 0 Å². The van der Waals surface area contributed by atoms with E-state index in [-0.39, 0.29) is 24.4 Å². The molecule has 2 atom stereocenters. The quantitative estimate of drug-likeness (QED) is 0.742. The Balaban J connectivity index is 1.65. The average molecular weight is 349 g/mol. The van der Waals surface area contributed by atoms with Gasteiger partial charge >= 0.3 is 0 Å². The van der Waals surface area contributed by atoms with Crippen LogP contribution in [-0.4, -0.2) is 32.6 Å². The number of hydrogen-bond donors (Lipinski definition) is 1. The van der Waals surface area contributed by atoms with E-state index in [1.165, 1.54) is 6.33 Å². The van der Waals surface area contributed by atoms with Crippen molar-refractivity contribution < 1.29 is 4.79 Å². The van der Waals surface area contributed by atoms with Gasteiger partial charge in [0.2, 0.25) is 5.91 Å². The normalized spacial score (nSPS) is 13.2. The number of carbonyl (C=O) groups is 1. The summed E-state index contributed by atoms with van der Waals surface area (Å²) in [6.45, 7) is 2.01. The van der Waals surface area contributed by atoms with Crippen molar-refractivity contribution in [1.82, 2.24) is 19.7 Å². The second-order valence-corrected chi connectivity index (χ2v) is 6.33. The minimum atomic E-state index is -0.298. The van der Waals surface area contributed by atoms with Crippen molar-refractivity contribution in [2.45, 2.75) is 25.4 Å². The van der Waals surface area contributed by atoms with Crippen LogP contribution in [0.4, 0.5) is 0 Å². The lowest BCUT2D eigenvalue weighted by Gasteiger charge is -2.27. The molecule has 0 fully saturated rings. The summed E-state index contributed by atoms with van der Waals surface area (Å²) in [5.41, 5.74) is 9.14. The molecule has 6 heteroatoms. The van der Waals surface area contributed by atoms with Crippen molar-refractivity contribution in [1.29, 1.82) is 0 Å². The zero-order chi connectivity index (χ0) is 18.5. The van der Waals surface area contributed by atoms with Crippen LogP contribution in [0.15, 0.2) is 67.3 Å². The van der Waals surface area contributed by atoms with Crippen LogP contribution in [0.1, 0.15) is 36.6 Å². The molecule has 3 aromatic rings. The third-order valence-electron chi connectivity index (χ3n) is 4.66. The van der Waals surface area contributed by atoms with E-state index in [0.717, 1.165) is 16.8 Å². The van der Waals surface area contributed by atoms with Gasteiger partial charge in [-0.2, -0.15) is 5.10 Å². The number of hydrogen-bond acceptors (Lipinski definition) is 4. The largest absolute Gasteiger partial charge is 0.339 e. The van der Waals surface area contributed by atoms with Crippen LogP contribution in [0.5, 0.6) is 0 Å². The van der Waals surface area contributed by atoms with Gasteiger partial charge in [-0.25, -0.2) is 9.67 Å². The molecule has 0 bridgehead atoms. The van der Waals surface area contributed by atoms with Gasteiger partial charge in [0.15, 0.2) is 0 Å². The van der Waals surface area contributed by atoms with Gasteiger partial charge in [0.05, 0.1) is 11.7 Å². The van der Waals surface area contributed by atoms with Crippen LogP contribution in [0.3, 0.4) is 0 Å². The highest BCUT2D eigenvalue weighted by Gasteiger charge is 2.20. The Hall–Kier alpha value is -2.99. The van der Waals surface area contributed by atoms with Crippen LogP contribution in [0, 0.1) is 0 Å². The van der Waals surface area contributed by atoms with Crippen LogP contribution in [0.25, 0.3) is 5.69 Å². The summed E-state index contributed by atoms with van der Waals surface area (Å²) in [6, 6.07) is 17.3. The Morgan fingerprint density at radius 3 is 2.42 bits per heavy atom. The molecular weight excluding hydrogens is 326 g/mol. The number of carbonyl (C=O) groups excluding carboxylic acids is 1. The molecule has 0 aliphatic rings. The third kappa shape index (κ3) is 3.97. The van der Waals surface area contributed by atoms with Gasteiger partial charge in [0.1, 0.15) is 12.7 Å². The number of amides is 1. The summed E-state index contributed by atoms with van der Waals surface area (Å²) in [5, 5.41) is 4.11. The van der Waals surface area contributed by atoms with Gasteiger partial charge in [-0.1, -0.05) is 42.5 Å². The van der Waals surface area contributed by atoms with E-state index in [1.807, 2.05) is 68.6 Å². The Bertz CT molecular complexity index is 830. The molecule has 0 aliphatic carbocycles. The van der Waals surface area contributed by atoms with Crippen LogP contribution >= 0.6 is 0 Å². The zero-order valence-electron chi connectivity index (χ0n) is 15.0. The number of nitrogens with two attached hydrogens (primary N) is 1. The second kappa shape index (κ2) is 7.93. The van der Waals surface area contributed by atoms with E-state index in [2.05, 4.69) is 10.1 Å². The standard InChI is InChI=1S/C20H23N5O/c1-15(16-8-10-18(11-9-16)25-14-22-13-23-25)24(2)20(26)12-19(21)17-6-4-3-5-7-17/h3-11,13-15,19H,12,21H2,1-2H3. The fourth-order valence-corrected chi connectivity index (χ4v) is 2.84. The predicted octanol–water partition coefficient (Wildman–Crippen LogP) is 2.88. The summed E-state index contributed by atoms with van der Waals surface area (Å²) in [5.74, 6) is 0.0224. The molecule has 0 aliphatic heterocycles. The Labute approximate surface area is 153 Å². The fraction of sp³-hybridized carbons (Fsp3) is 0.250. The van der Waals surface area contributed by atoms with Crippen molar-refractivity contribution >= 4 is 5.91 Å². The highest BCUT2D eigenvalue weighted by Crippen LogP contribution is 2.23. The molecule has 134 valence electrons. The summed E-state index contributed by atoms with van der Waals surface area (Å²) in [7, 11) is 1.82. The molecule has 2 unspecified atom stereocenters. The predicted molar refractivity (Wildman–Crippen MR) is 101 cm³/mol. The van der Waals surface area contributed by atoms with Gasteiger partial charge in [-0.15, -0.1) is 0 Å². The zero-order valence-corrected chi connectivity index (χ0v) is 15.0. The molecule has 0 saturated heterocycles. The van der Waals surface area contributed by atoms with E-state index >= 15 is 0 Å². The lowest BCUT2D eigenvalue weighted by Crippen LogP contribution is -2.32. The van der Waals surface area contributed by atoms with Crippen molar-refractivity contribution in [3.63, 3.8) is 0 Å². The molecule has 0 saturated carbocycles. The van der Waals surface area contributed by atoms with E-state index in [9.17, 15) is 4.79 Å². The molecule has 0 spiro atoms. The molecule has 1 amide bonds. The van der Waals surface area contributed by atoms with E-state index in [0.29, 0.717) is 0 Å². The number of nitrogens with zero attached hydrogens (tertiary/aromatic N) is 4. The second-order valence-electron chi connectivity index (χ2n) is 6.33. The van der Waals surface area contributed by atoms with E-state index in [1.54, 1.807) is 15.9 Å². The molecule has 3 rings (SSSR count). The molecule has 1 heterocycles. The minimum absolute atomic E-state index is 0.0224. The maximum atomic E-state index is 12.6. The highest BCUT2D eigenvalue weighted by atomic mass is 16.2. The molecule has 26 heavy (non-hydrogen) atoms. The Kier molecular flexibility index (Phi) is 5.43. The summed E-state index contributed by atoms with van der Waals surface area (Å²) in [6.07, 6.45) is 3.43.